The summed E-state index contributed by atoms with van der Waals surface area (Å²) in [5.41, 5.74) is 5.74. The highest BCUT2D eigenvalue weighted by Gasteiger charge is 2.20. The largest absolute Gasteiger partial charge is 0.507 e. The van der Waals surface area contributed by atoms with Gasteiger partial charge in [0, 0.05) is 87.0 Å². The molecule has 0 radical (unpaired) electrons. The van der Waals surface area contributed by atoms with Gasteiger partial charge in [-0.15, -0.1) is 0 Å². The van der Waals surface area contributed by atoms with E-state index in [1.807, 2.05) is 26.0 Å². The van der Waals surface area contributed by atoms with Crippen molar-refractivity contribution in [3.8, 4) is 11.5 Å². The van der Waals surface area contributed by atoms with Crippen LogP contribution in [0.5, 0.6) is 11.5 Å². The summed E-state index contributed by atoms with van der Waals surface area (Å²) in [6, 6.07) is 8.08. The highest BCUT2D eigenvalue weighted by molar-refractivity contribution is 5.85. The third kappa shape index (κ3) is 6.17. The molecule has 6 heteroatoms. The molecule has 0 aromatic heterocycles. The minimum Gasteiger partial charge on any atom is -0.507 e. The maximum atomic E-state index is 10.7. The lowest BCUT2D eigenvalue weighted by Crippen LogP contribution is -2.45. The summed E-state index contributed by atoms with van der Waals surface area (Å²) >= 11 is 0. The maximum absolute atomic E-state index is 10.7. The topological polar surface area (TPSA) is 71.7 Å². The minimum atomic E-state index is 0.334. The fourth-order valence-corrected chi connectivity index (χ4v) is 4.17. The van der Waals surface area contributed by atoms with E-state index < -0.39 is 0 Å². The van der Waals surface area contributed by atoms with E-state index in [2.05, 4.69) is 45.8 Å². The molecule has 1 saturated heterocycles. The number of piperazine rings is 1. The Hall–Kier alpha value is -2.70. The first kappa shape index (κ1) is 24.0. The zero-order chi connectivity index (χ0) is 23.1. The molecule has 0 bridgehead atoms. The highest BCUT2D eigenvalue weighted by atomic mass is 16.3. The summed E-state index contributed by atoms with van der Waals surface area (Å²) in [6.07, 6.45) is 3.52. The zero-order valence-electron chi connectivity index (χ0n) is 19.8. The lowest BCUT2D eigenvalue weighted by atomic mass is 10.0. The van der Waals surface area contributed by atoms with E-state index in [-0.39, 0.29) is 0 Å². The van der Waals surface area contributed by atoms with Crippen LogP contribution in [0.2, 0.25) is 0 Å². The molecule has 6 nitrogen and oxygen atoms in total. The van der Waals surface area contributed by atoms with E-state index in [4.69, 9.17) is 0 Å². The normalized spacial score (nSPS) is 15.9. The predicted molar refractivity (Wildman–Crippen MR) is 133 cm³/mol. The summed E-state index contributed by atoms with van der Waals surface area (Å²) in [5, 5.41) is 21.4. The number of hydrogen-bond acceptors (Lipinski definition) is 6. The monoisotopic (exact) mass is 436 g/mol. The number of aromatic hydroxyl groups is 2. The Morgan fingerprint density at radius 3 is 1.44 bits per heavy atom. The molecule has 2 aromatic carbocycles. The van der Waals surface area contributed by atoms with Crippen LogP contribution in [0.25, 0.3) is 0 Å². The van der Waals surface area contributed by atoms with Gasteiger partial charge in [-0.05, 0) is 51.0 Å². The molecule has 0 spiro atoms. The number of aryl methyl sites for hydroxylation is 2. The smallest absolute Gasteiger partial charge is 0.128 e. The summed E-state index contributed by atoms with van der Waals surface area (Å²) in [7, 11) is 0. The van der Waals surface area contributed by atoms with Crippen molar-refractivity contribution in [2.75, 3.05) is 39.3 Å². The van der Waals surface area contributed by atoms with E-state index in [1.54, 1.807) is 12.4 Å². The van der Waals surface area contributed by atoms with E-state index in [0.29, 0.717) is 24.6 Å². The SMILES string of the molecule is CCN=Cc1cc(C)cc(CN2CCN(Cc3cc(C)cc(C=NCC)c3O)CC2)c1O. The van der Waals surface area contributed by atoms with Gasteiger partial charge < -0.3 is 10.2 Å². The van der Waals surface area contributed by atoms with Crippen molar-refractivity contribution in [2.24, 2.45) is 9.98 Å². The predicted octanol–water partition coefficient (Wildman–Crippen LogP) is 3.91. The fraction of sp³-hybridized carbons (Fsp3) is 0.462. The number of aliphatic imine (C=N–C) groups is 2. The molecule has 2 N–H and O–H groups in total. The summed E-state index contributed by atoms with van der Waals surface area (Å²) < 4.78 is 0. The first-order valence-corrected chi connectivity index (χ1v) is 11.5. The second kappa shape index (κ2) is 11.2. The van der Waals surface area contributed by atoms with Crippen LogP contribution < -0.4 is 0 Å². The van der Waals surface area contributed by atoms with Crippen molar-refractivity contribution < 1.29 is 10.2 Å². The van der Waals surface area contributed by atoms with Crippen LogP contribution in [0.4, 0.5) is 0 Å². The van der Waals surface area contributed by atoms with Crippen LogP contribution in [0.3, 0.4) is 0 Å². The average molecular weight is 437 g/mol. The Morgan fingerprint density at radius 2 is 1.09 bits per heavy atom. The van der Waals surface area contributed by atoms with Gasteiger partial charge >= 0.3 is 0 Å². The van der Waals surface area contributed by atoms with Crippen LogP contribution in [-0.4, -0.2) is 71.7 Å². The second-order valence-electron chi connectivity index (χ2n) is 8.53. The van der Waals surface area contributed by atoms with Crippen molar-refractivity contribution in [3.63, 3.8) is 0 Å². The van der Waals surface area contributed by atoms with Crippen LogP contribution in [0.15, 0.2) is 34.3 Å². The summed E-state index contributed by atoms with van der Waals surface area (Å²) in [4.78, 5) is 13.3. The van der Waals surface area contributed by atoms with Gasteiger partial charge in [0.25, 0.3) is 0 Å². The van der Waals surface area contributed by atoms with Crippen molar-refractivity contribution in [1.29, 1.82) is 0 Å². The Bertz CT molecular complexity index is 897. The highest BCUT2D eigenvalue weighted by Crippen LogP contribution is 2.27. The second-order valence-corrected chi connectivity index (χ2v) is 8.53. The Morgan fingerprint density at radius 1 is 0.719 bits per heavy atom. The van der Waals surface area contributed by atoms with Gasteiger partial charge in [-0.2, -0.15) is 0 Å². The molecule has 0 amide bonds. The van der Waals surface area contributed by atoms with Crippen LogP contribution in [0.1, 0.15) is 47.2 Å². The number of rotatable bonds is 8. The van der Waals surface area contributed by atoms with Crippen molar-refractivity contribution >= 4 is 12.4 Å². The van der Waals surface area contributed by atoms with Gasteiger partial charge in [-0.3, -0.25) is 19.8 Å². The van der Waals surface area contributed by atoms with Gasteiger partial charge in [0.15, 0.2) is 0 Å². The summed E-state index contributed by atoms with van der Waals surface area (Å²) in [5.74, 6) is 0.669. The molecule has 1 aliphatic heterocycles. The van der Waals surface area contributed by atoms with Crippen LogP contribution in [0, 0.1) is 13.8 Å². The third-order valence-corrected chi connectivity index (χ3v) is 5.80. The summed E-state index contributed by atoms with van der Waals surface area (Å²) in [6.45, 7) is 14.6. The number of benzene rings is 2. The Balaban J connectivity index is 1.63. The quantitative estimate of drug-likeness (QED) is 0.616. The fourth-order valence-electron chi connectivity index (χ4n) is 4.17. The van der Waals surface area contributed by atoms with Gasteiger partial charge in [-0.1, -0.05) is 12.1 Å². The number of nitrogens with zero attached hydrogens (tertiary/aromatic N) is 4. The molecule has 0 atom stereocenters. The van der Waals surface area contributed by atoms with E-state index in [9.17, 15) is 10.2 Å². The van der Waals surface area contributed by atoms with E-state index in [1.165, 1.54) is 0 Å². The number of phenols is 2. The first-order chi connectivity index (χ1) is 15.4. The third-order valence-electron chi connectivity index (χ3n) is 5.80. The first-order valence-electron chi connectivity index (χ1n) is 11.5. The molecule has 1 fully saturated rings. The maximum Gasteiger partial charge on any atom is 0.128 e. The Labute approximate surface area is 191 Å². The minimum absolute atomic E-state index is 0.334. The standard InChI is InChI=1S/C26H36N4O2/c1-5-27-15-21-11-19(3)13-23(25(21)31)17-29-7-9-30(10-8-29)18-24-14-20(4)12-22(26(24)32)16-28-6-2/h11-16,31-32H,5-10,17-18H2,1-4H3. The number of phenolic OH excluding ortho intramolecular Hbond substituents is 2. The molecule has 0 unspecified atom stereocenters. The molecule has 32 heavy (non-hydrogen) atoms. The van der Waals surface area contributed by atoms with Gasteiger partial charge in [0.05, 0.1) is 0 Å². The van der Waals surface area contributed by atoms with Crippen LogP contribution >= 0.6 is 0 Å². The van der Waals surface area contributed by atoms with E-state index in [0.717, 1.165) is 72.6 Å². The molecular formula is C26H36N4O2. The average Bonchev–Trinajstić information content (AvgIpc) is 2.77. The van der Waals surface area contributed by atoms with Crippen molar-refractivity contribution in [1.82, 2.24) is 9.80 Å². The molecule has 3 rings (SSSR count). The molecule has 0 aliphatic carbocycles. The molecule has 0 saturated carbocycles. The van der Waals surface area contributed by atoms with Crippen molar-refractivity contribution in [2.45, 2.75) is 40.8 Å². The lowest BCUT2D eigenvalue weighted by Gasteiger charge is -2.35. The lowest BCUT2D eigenvalue weighted by molar-refractivity contribution is 0.120. The van der Waals surface area contributed by atoms with Crippen LogP contribution in [-0.2, 0) is 13.1 Å². The molecular weight excluding hydrogens is 400 g/mol. The van der Waals surface area contributed by atoms with Gasteiger partial charge in [-0.25, -0.2) is 0 Å². The molecule has 1 heterocycles. The number of hydrogen-bond donors (Lipinski definition) is 2. The molecule has 2 aromatic rings. The molecule has 172 valence electrons. The van der Waals surface area contributed by atoms with E-state index >= 15 is 0 Å². The zero-order valence-corrected chi connectivity index (χ0v) is 19.8. The Kier molecular flexibility index (Phi) is 8.42. The van der Waals surface area contributed by atoms with Crippen molar-refractivity contribution in [3.05, 3.63) is 57.6 Å². The van der Waals surface area contributed by atoms with Gasteiger partial charge in [0.1, 0.15) is 11.5 Å². The molecule has 1 aliphatic rings. The van der Waals surface area contributed by atoms with Gasteiger partial charge in [0.2, 0.25) is 0 Å².